The molecule has 0 aliphatic carbocycles. The smallest absolute Gasteiger partial charge is 0.425 e. The highest BCUT2D eigenvalue weighted by Crippen LogP contribution is 2.31. The van der Waals surface area contributed by atoms with Gasteiger partial charge in [-0.3, -0.25) is 4.57 Å². The summed E-state index contributed by atoms with van der Waals surface area (Å²) < 4.78 is 9.43. The molecule has 0 radical (unpaired) electrons. The summed E-state index contributed by atoms with van der Waals surface area (Å²) in [6, 6.07) is 3.63. The summed E-state index contributed by atoms with van der Waals surface area (Å²) in [7, 11) is 0. The lowest BCUT2D eigenvalue weighted by Gasteiger charge is -2.07. The van der Waals surface area contributed by atoms with Crippen LogP contribution in [0.4, 0.5) is 10.7 Å². The van der Waals surface area contributed by atoms with Gasteiger partial charge in [-0.05, 0) is 41.9 Å². The van der Waals surface area contributed by atoms with Crippen LogP contribution in [0.15, 0.2) is 46.3 Å². The monoisotopic (exact) mass is 501 g/mol. The zero-order valence-electron chi connectivity index (χ0n) is 17.3. The summed E-state index contributed by atoms with van der Waals surface area (Å²) in [5, 5.41) is 11.0. The lowest BCUT2D eigenvalue weighted by atomic mass is 10.1. The molecule has 0 aliphatic rings. The molecule has 0 fully saturated rings. The Hall–Kier alpha value is -3.67. The van der Waals surface area contributed by atoms with Gasteiger partial charge in [0, 0.05) is 36.4 Å². The van der Waals surface area contributed by atoms with Gasteiger partial charge < -0.3 is 20.1 Å². The molecule has 0 unspecified atom stereocenters. The molecule has 32 heavy (non-hydrogen) atoms. The van der Waals surface area contributed by atoms with Gasteiger partial charge in [0.25, 0.3) is 0 Å². The lowest BCUT2D eigenvalue weighted by molar-refractivity contribution is 0.114. The van der Waals surface area contributed by atoms with Crippen LogP contribution in [0.1, 0.15) is 13.8 Å². The molecule has 0 spiro atoms. The Labute approximate surface area is 190 Å². The summed E-state index contributed by atoms with van der Waals surface area (Å²) in [6.07, 6.45) is 5.03. The SMILES string of the molecule is CC(C)OC(=O)n1c(O)cn(CCn2cc(-c3ccnc(N)n3)c3cc(Br)ncc32)c1=O. The number of fused-ring (bicyclic) bond motifs is 1. The maximum Gasteiger partial charge on any atom is 0.425 e. The van der Waals surface area contributed by atoms with Gasteiger partial charge in [-0.15, -0.1) is 0 Å². The van der Waals surface area contributed by atoms with Gasteiger partial charge in [0.15, 0.2) is 0 Å². The molecule has 12 heteroatoms. The number of aromatic nitrogens is 6. The molecule has 3 N–H and O–H groups in total. The molecule has 4 aromatic heterocycles. The Morgan fingerprint density at radius 1 is 1.25 bits per heavy atom. The first-order valence-electron chi connectivity index (χ1n) is 9.70. The van der Waals surface area contributed by atoms with Crippen molar-refractivity contribution in [2.45, 2.75) is 33.0 Å². The number of carbonyl (C=O) groups is 1. The predicted octanol–water partition coefficient (Wildman–Crippen LogP) is 2.60. The summed E-state index contributed by atoms with van der Waals surface area (Å²) >= 11 is 3.39. The molecule has 4 heterocycles. The van der Waals surface area contributed by atoms with E-state index in [4.69, 9.17) is 10.5 Å². The van der Waals surface area contributed by atoms with Crippen molar-refractivity contribution in [2.75, 3.05) is 5.73 Å². The number of hydrogen-bond acceptors (Lipinski definition) is 8. The first-order chi connectivity index (χ1) is 15.2. The van der Waals surface area contributed by atoms with Crippen LogP contribution in [0.5, 0.6) is 5.88 Å². The number of ether oxygens (including phenoxy) is 1. The van der Waals surface area contributed by atoms with Gasteiger partial charge in [-0.25, -0.2) is 24.5 Å². The topological polar surface area (TPSA) is 143 Å². The van der Waals surface area contributed by atoms with Gasteiger partial charge >= 0.3 is 11.8 Å². The summed E-state index contributed by atoms with van der Waals surface area (Å²) in [5.41, 5.74) is 7.35. The number of anilines is 1. The number of nitrogens with zero attached hydrogens (tertiary/aromatic N) is 6. The van der Waals surface area contributed by atoms with E-state index in [-0.39, 0.29) is 12.5 Å². The second-order valence-corrected chi connectivity index (χ2v) is 8.10. The highest BCUT2D eigenvalue weighted by atomic mass is 79.9. The number of nitrogen functional groups attached to an aromatic ring is 1. The van der Waals surface area contributed by atoms with Crippen LogP contribution in [-0.4, -0.2) is 46.0 Å². The third-order valence-electron chi connectivity index (χ3n) is 4.72. The molecule has 0 saturated carbocycles. The molecule has 11 nitrogen and oxygen atoms in total. The maximum absolute atomic E-state index is 12.6. The number of nitrogens with two attached hydrogens (primary N) is 1. The number of aryl methyl sites for hydroxylation is 2. The number of hydrogen-bond donors (Lipinski definition) is 2. The molecular weight excluding hydrogens is 482 g/mol. The highest BCUT2D eigenvalue weighted by molar-refractivity contribution is 9.10. The van der Waals surface area contributed by atoms with Gasteiger partial charge in [-0.2, -0.15) is 4.57 Å². The van der Waals surface area contributed by atoms with Crippen LogP contribution in [0, 0.1) is 0 Å². The number of pyridine rings is 1. The average Bonchev–Trinajstić information content (AvgIpc) is 3.22. The van der Waals surface area contributed by atoms with Gasteiger partial charge in [0.2, 0.25) is 11.8 Å². The van der Waals surface area contributed by atoms with E-state index in [1.165, 1.54) is 10.8 Å². The third-order valence-corrected chi connectivity index (χ3v) is 5.16. The van der Waals surface area contributed by atoms with Crippen molar-refractivity contribution in [3.8, 4) is 17.1 Å². The minimum Gasteiger partial charge on any atom is -0.493 e. The van der Waals surface area contributed by atoms with E-state index in [0.29, 0.717) is 21.4 Å². The van der Waals surface area contributed by atoms with E-state index in [0.717, 1.165) is 16.5 Å². The average molecular weight is 502 g/mol. The number of halogens is 1. The summed E-state index contributed by atoms with van der Waals surface area (Å²) in [4.78, 5) is 37.3. The Morgan fingerprint density at radius 2 is 2.00 bits per heavy atom. The summed E-state index contributed by atoms with van der Waals surface area (Å²) in [6.45, 7) is 3.87. The van der Waals surface area contributed by atoms with Crippen molar-refractivity contribution < 1.29 is 14.6 Å². The minimum atomic E-state index is -0.926. The second kappa shape index (κ2) is 8.46. The Morgan fingerprint density at radius 3 is 2.72 bits per heavy atom. The maximum atomic E-state index is 12.6. The fourth-order valence-electron chi connectivity index (χ4n) is 3.36. The molecule has 0 amide bonds. The molecule has 0 aliphatic heterocycles. The number of imidazole rings is 1. The second-order valence-electron chi connectivity index (χ2n) is 7.29. The van der Waals surface area contributed by atoms with Crippen LogP contribution >= 0.6 is 15.9 Å². The van der Waals surface area contributed by atoms with Gasteiger partial charge in [0.1, 0.15) is 4.60 Å². The van der Waals surface area contributed by atoms with Crippen LogP contribution < -0.4 is 11.4 Å². The lowest BCUT2D eigenvalue weighted by Crippen LogP contribution is -2.31. The van der Waals surface area contributed by atoms with E-state index in [2.05, 4.69) is 30.9 Å². The standard InChI is InChI=1S/C20H20BrN7O4/c1-11(2)32-20(31)28-17(29)10-27(19(28)30)6-5-26-9-13(14-3-4-23-18(22)25-14)12-7-16(21)24-8-15(12)26/h3-4,7-11,29H,5-6H2,1-2H3,(H2,22,23,25). The van der Waals surface area contributed by atoms with Crippen molar-refractivity contribution in [1.29, 1.82) is 0 Å². The molecule has 4 rings (SSSR count). The Kier molecular flexibility index (Phi) is 5.70. The fourth-order valence-corrected chi connectivity index (χ4v) is 3.69. The van der Waals surface area contributed by atoms with Crippen molar-refractivity contribution in [3.05, 3.63) is 52.0 Å². The fraction of sp³-hybridized carbons (Fsp3) is 0.250. The van der Waals surface area contributed by atoms with Crippen LogP contribution in [0.25, 0.3) is 22.2 Å². The van der Waals surface area contributed by atoms with Gasteiger partial charge in [-0.1, -0.05) is 0 Å². The molecule has 0 bridgehead atoms. The van der Waals surface area contributed by atoms with Gasteiger partial charge in [0.05, 0.1) is 29.7 Å². The zero-order valence-corrected chi connectivity index (χ0v) is 18.9. The third kappa shape index (κ3) is 4.08. The summed E-state index contributed by atoms with van der Waals surface area (Å²) in [5.74, 6) is -0.325. The van der Waals surface area contributed by atoms with E-state index < -0.39 is 23.8 Å². The minimum absolute atomic E-state index is 0.160. The molecule has 0 aromatic carbocycles. The predicted molar refractivity (Wildman–Crippen MR) is 120 cm³/mol. The van der Waals surface area contributed by atoms with Crippen LogP contribution in [0.3, 0.4) is 0 Å². The molecule has 4 aromatic rings. The van der Waals surface area contributed by atoms with E-state index in [1.807, 2.05) is 16.8 Å². The van der Waals surface area contributed by atoms with Crippen LogP contribution in [-0.2, 0) is 17.8 Å². The number of carbonyl (C=O) groups excluding carboxylic acids is 1. The zero-order chi connectivity index (χ0) is 23.0. The quantitative estimate of drug-likeness (QED) is 0.397. The Balaban J connectivity index is 1.68. The first-order valence-corrected chi connectivity index (χ1v) is 10.5. The van der Waals surface area contributed by atoms with E-state index in [9.17, 15) is 14.7 Å². The Bertz CT molecular complexity index is 1370. The molecule has 0 atom stereocenters. The highest BCUT2D eigenvalue weighted by Gasteiger charge is 2.20. The number of aromatic hydroxyl groups is 1. The van der Waals surface area contributed by atoms with Crippen molar-refractivity contribution in [2.24, 2.45) is 0 Å². The van der Waals surface area contributed by atoms with Crippen LogP contribution in [0.2, 0.25) is 0 Å². The van der Waals surface area contributed by atoms with E-state index in [1.54, 1.807) is 32.3 Å². The molecular formula is C20H20BrN7O4. The van der Waals surface area contributed by atoms with Crippen molar-refractivity contribution in [1.82, 2.24) is 28.7 Å². The van der Waals surface area contributed by atoms with Crippen molar-refractivity contribution >= 4 is 38.9 Å². The number of rotatable bonds is 5. The first kappa shape index (κ1) is 21.6. The largest absolute Gasteiger partial charge is 0.493 e. The molecule has 166 valence electrons. The normalized spacial score (nSPS) is 11.4. The van der Waals surface area contributed by atoms with E-state index >= 15 is 0 Å². The van der Waals surface area contributed by atoms with Crippen molar-refractivity contribution in [3.63, 3.8) is 0 Å². The molecule has 0 saturated heterocycles.